The molecule has 0 unspecified atom stereocenters. The average molecular weight is 426 g/mol. The molecule has 0 atom stereocenters. The monoisotopic (exact) mass is 426 g/mol. The first-order valence-electron chi connectivity index (χ1n) is 9.86. The molecule has 2 aromatic carbocycles. The molecule has 0 N–H and O–H groups in total. The fraction of sp³-hybridized carbons (Fsp3) is 0.333. The molecule has 0 radical (unpaired) electrons. The molecule has 2 aliphatic rings. The van der Waals surface area contributed by atoms with Gasteiger partial charge in [-0.1, -0.05) is 12.1 Å². The molecular formula is C21H22N4O6. The Balaban J connectivity index is 1.42. The first-order valence-corrected chi connectivity index (χ1v) is 9.86. The van der Waals surface area contributed by atoms with Gasteiger partial charge in [0.1, 0.15) is 12.3 Å². The van der Waals surface area contributed by atoms with Crippen LogP contribution in [0, 0.1) is 10.1 Å². The highest BCUT2D eigenvalue weighted by Gasteiger charge is 2.30. The van der Waals surface area contributed by atoms with E-state index in [1.165, 1.54) is 18.2 Å². The summed E-state index contributed by atoms with van der Waals surface area (Å²) in [6.45, 7) is 2.32. The summed E-state index contributed by atoms with van der Waals surface area (Å²) in [7, 11) is 1.63. The quantitative estimate of drug-likeness (QED) is 0.308. The zero-order valence-electron chi connectivity index (χ0n) is 17.0. The number of para-hydroxylation sites is 2. The van der Waals surface area contributed by atoms with E-state index >= 15 is 0 Å². The van der Waals surface area contributed by atoms with Crippen LogP contribution in [0.1, 0.15) is 0 Å². The van der Waals surface area contributed by atoms with Crippen molar-refractivity contribution >= 4 is 28.9 Å². The van der Waals surface area contributed by atoms with Crippen LogP contribution in [-0.4, -0.2) is 68.1 Å². The Morgan fingerprint density at radius 1 is 1.13 bits per heavy atom. The summed E-state index contributed by atoms with van der Waals surface area (Å²) in [6, 6.07) is 11.8. The number of anilines is 2. The summed E-state index contributed by atoms with van der Waals surface area (Å²) in [5.74, 6) is 0.222. The van der Waals surface area contributed by atoms with Crippen LogP contribution in [-0.2, 0) is 9.59 Å². The number of esters is 1. The van der Waals surface area contributed by atoms with Crippen molar-refractivity contribution in [1.82, 2.24) is 4.90 Å². The van der Waals surface area contributed by atoms with Gasteiger partial charge in [-0.3, -0.25) is 14.9 Å². The number of benzene rings is 2. The molecule has 0 saturated carbocycles. The number of ether oxygens (including phenoxy) is 2. The molecule has 0 bridgehead atoms. The van der Waals surface area contributed by atoms with E-state index in [-0.39, 0.29) is 30.4 Å². The lowest BCUT2D eigenvalue weighted by atomic mass is 10.2. The van der Waals surface area contributed by atoms with E-state index in [1.807, 2.05) is 24.3 Å². The summed E-state index contributed by atoms with van der Waals surface area (Å²) < 4.78 is 10.6. The van der Waals surface area contributed by atoms with Crippen molar-refractivity contribution in [3.8, 4) is 11.5 Å². The van der Waals surface area contributed by atoms with Gasteiger partial charge in [0.25, 0.3) is 5.69 Å². The number of nitro benzene ring substituents is 1. The third kappa shape index (κ3) is 4.23. The van der Waals surface area contributed by atoms with E-state index in [4.69, 9.17) is 9.47 Å². The lowest BCUT2D eigenvalue weighted by Crippen LogP contribution is -2.52. The molecule has 1 saturated heterocycles. The second-order valence-electron chi connectivity index (χ2n) is 7.28. The number of rotatable bonds is 5. The summed E-state index contributed by atoms with van der Waals surface area (Å²) >= 11 is 0. The maximum absolute atomic E-state index is 12.9. The number of hydrogen-bond donors (Lipinski definition) is 0. The summed E-state index contributed by atoms with van der Waals surface area (Å²) in [4.78, 5) is 40.8. The largest absolute Gasteiger partial charge is 0.495 e. The number of hydrogen-bond acceptors (Lipinski definition) is 8. The van der Waals surface area contributed by atoms with Crippen molar-refractivity contribution in [1.29, 1.82) is 0 Å². The van der Waals surface area contributed by atoms with Gasteiger partial charge in [0.2, 0.25) is 5.91 Å². The standard InChI is InChI=1S/C21H22N4O6/c1-30-18-5-3-2-4-16(18)22-8-10-23(11-9-22)20(26)13-24-14-21(27)31-19-12-15(25(28)29)6-7-17(19)24/h2-7,12H,8-11,13-14H2,1H3. The molecule has 0 aliphatic carbocycles. The van der Waals surface area contributed by atoms with Crippen LogP contribution in [0.3, 0.4) is 0 Å². The zero-order valence-corrected chi connectivity index (χ0v) is 17.0. The van der Waals surface area contributed by atoms with Crippen LogP contribution in [0.25, 0.3) is 0 Å². The van der Waals surface area contributed by atoms with Crippen LogP contribution in [0.15, 0.2) is 42.5 Å². The molecule has 1 fully saturated rings. The first-order chi connectivity index (χ1) is 15.0. The lowest BCUT2D eigenvalue weighted by Gasteiger charge is -2.38. The Bertz CT molecular complexity index is 1020. The Morgan fingerprint density at radius 2 is 1.87 bits per heavy atom. The molecule has 1 amide bonds. The molecule has 10 heteroatoms. The van der Waals surface area contributed by atoms with E-state index < -0.39 is 10.9 Å². The summed E-state index contributed by atoms with van der Waals surface area (Å²) in [6.07, 6.45) is 0. The number of nitrogens with zero attached hydrogens (tertiary/aromatic N) is 4. The van der Waals surface area contributed by atoms with Crippen LogP contribution in [0.4, 0.5) is 17.1 Å². The minimum atomic E-state index is -0.556. The molecular weight excluding hydrogens is 404 g/mol. The predicted octanol–water partition coefficient (Wildman–Crippen LogP) is 1.68. The maximum Gasteiger partial charge on any atom is 0.331 e. The van der Waals surface area contributed by atoms with Gasteiger partial charge in [-0.25, -0.2) is 4.79 Å². The van der Waals surface area contributed by atoms with Crippen LogP contribution < -0.4 is 19.3 Å². The minimum absolute atomic E-state index is 0.00539. The molecule has 162 valence electrons. The zero-order chi connectivity index (χ0) is 22.0. The number of carbonyl (C=O) groups excluding carboxylic acids is 2. The molecule has 31 heavy (non-hydrogen) atoms. The molecule has 2 aromatic rings. The van der Waals surface area contributed by atoms with Gasteiger partial charge in [0.05, 0.1) is 36.0 Å². The number of non-ortho nitro benzene ring substituents is 1. The van der Waals surface area contributed by atoms with Crippen molar-refractivity contribution in [3.05, 3.63) is 52.6 Å². The van der Waals surface area contributed by atoms with Crippen molar-refractivity contribution < 1.29 is 24.0 Å². The van der Waals surface area contributed by atoms with Crippen LogP contribution in [0.5, 0.6) is 11.5 Å². The molecule has 4 rings (SSSR count). The number of amides is 1. The highest BCUT2D eigenvalue weighted by atomic mass is 16.6. The minimum Gasteiger partial charge on any atom is -0.495 e. The van der Waals surface area contributed by atoms with E-state index in [0.717, 1.165) is 11.4 Å². The van der Waals surface area contributed by atoms with Crippen LogP contribution in [0.2, 0.25) is 0 Å². The summed E-state index contributed by atoms with van der Waals surface area (Å²) in [5, 5.41) is 11.0. The van der Waals surface area contributed by atoms with Crippen molar-refractivity contribution in [2.45, 2.75) is 0 Å². The van der Waals surface area contributed by atoms with E-state index in [1.54, 1.807) is 16.9 Å². The third-order valence-corrected chi connectivity index (χ3v) is 5.42. The van der Waals surface area contributed by atoms with Crippen molar-refractivity contribution in [3.63, 3.8) is 0 Å². The third-order valence-electron chi connectivity index (χ3n) is 5.42. The van der Waals surface area contributed by atoms with E-state index in [9.17, 15) is 19.7 Å². The van der Waals surface area contributed by atoms with Crippen LogP contribution >= 0.6 is 0 Å². The predicted molar refractivity (Wildman–Crippen MR) is 113 cm³/mol. The molecule has 10 nitrogen and oxygen atoms in total. The van der Waals surface area contributed by atoms with Crippen molar-refractivity contribution in [2.24, 2.45) is 0 Å². The summed E-state index contributed by atoms with van der Waals surface area (Å²) in [5.41, 5.74) is 1.31. The number of carbonyl (C=O) groups is 2. The molecule has 2 aliphatic heterocycles. The second kappa shape index (κ2) is 8.50. The van der Waals surface area contributed by atoms with Gasteiger partial charge in [0, 0.05) is 32.2 Å². The molecule has 2 heterocycles. The van der Waals surface area contributed by atoms with E-state index in [2.05, 4.69) is 4.90 Å². The highest BCUT2D eigenvalue weighted by Crippen LogP contribution is 2.35. The Kier molecular flexibility index (Phi) is 5.61. The van der Waals surface area contributed by atoms with Gasteiger partial charge >= 0.3 is 5.97 Å². The molecule has 0 aromatic heterocycles. The average Bonchev–Trinajstić information content (AvgIpc) is 2.78. The fourth-order valence-corrected chi connectivity index (χ4v) is 3.85. The first kappa shape index (κ1) is 20.5. The van der Waals surface area contributed by atoms with Gasteiger partial charge in [-0.15, -0.1) is 0 Å². The maximum atomic E-state index is 12.9. The van der Waals surface area contributed by atoms with Gasteiger partial charge < -0.3 is 24.2 Å². The Labute approximate surface area is 178 Å². The Morgan fingerprint density at radius 3 is 2.58 bits per heavy atom. The smallest absolute Gasteiger partial charge is 0.331 e. The topological polar surface area (TPSA) is 105 Å². The number of nitro groups is 1. The van der Waals surface area contributed by atoms with Gasteiger partial charge in [0.15, 0.2) is 5.75 Å². The number of piperazine rings is 1. The van der Waals surface area contributed by atoms with Gasteiger partial charge in [-0.05, 0) is 18.2 Å². The lowest BCUT2D eigenvalue weighted by molar-refractivity contribution is -0.384. The number of methoxy groups -OCH3 is 1. The van der Waals surface area contributed by atoms with Gasteiger partial charge in [-0.2, -0.15) is 0 Å². The molecule has 0 spiro atoms. The van der Waals surface area contributed by atoms with E-state index in [0.29, 0.717) is 31.9 Å². The fourth-order valence-electron chi connectivity index (χ4n) is 3.85. The normalized spacial score (nSPS) is 15.9. The Hall–Kier alpha value is -3.82. The SMILES string of the molecule is COc1ccccc1N1CCN(C(=O)CN2CC(=O)Oc3cc([N+](=O)[O-])ccc32)CC1. The van der Waals surface area contributed by atoms with Crippen molar-refractivity contribution in [2.75, 3.05) is 56.2 Å². The second-order valence-corrected chi connectivity index (χ2v) is 7.28. The highest BCUT2D eigenvalue weighted by molar-refractivity contribution is 5.89. The number of fused-ring (bicyclic) bond motifs is 1.